The summed E-state index contributed by atoms with van der Waals surface area (Å²) in [6.45, 7) is 9.36. The van der Waals surface area contributed by atoms with Crippen LogP contribution in [0.25, 0.3) is 33.1 Å². The number of hydrogen-bond donors (Lipinski definition) is 0. The first-order chi connectivity index (χ1) is 22.8. The molecule has 0 spiro atoms. The average molecular weight is 827 g/mol. The molecule has 4 heterocycles. The zero-order valence-electron chi connectivity index (χ0n) is 27.6. The van der Waals surface area contributed by atoms with E-state index in [1.807, 2.05) is 46.9 Å². The molecular weight excluding hydrogens is 785 g/mol. The highest BCUT2D eigenvalue weighted by molar-refractivity contribution is 9.11. The van der Waals surface area contributed by atoms with Crippen molar-refractivity contribution in [3.8, 4) is 21.9 Å². The monoisotopic (exact) mass is 824 g/mol. The quantitative estimate of drug-likeness (QED) is 0.106. The van der Waals surface area contributed by atoms with E-state index in [1.54, 1.807) is 22.7 Å². The van der Waals surface area contributed by atoms with Gasteiger partial charge in [0.1, 0.15) is 12.1 Å². The van der Waals surface area contributed by atoms with Crippen LogP contribution in [0.2, 0.25) is 0 Å². The average Bonchev–Trinajstić information content (AvgIpc) is 3.90. The number of hydrogen-bond acceptors (Lipinski definition) is 6. The van der Waals surface area contributed by atoms with E-state index in [1.165, 1.54) is 72.2 Å². The highest BCUT2D eigenvalue weighted by Gasteiger charge is 2.47. The molecule has 0 radical (unpaired) electrons. The predicted octanol–water partition coefficient (Wildman–Crippen LogP) is 15.1. The summed E-state index contributed by atoms with van der Waals surface area (Å²) in [6.07, 6.45) is 16.4. The Morgan fingerprint density at radius 2 is 1.13 bits per heavy atom. The van der Waals surface area contributed by atoms with E-state index in [4.69, 9.17) is 0 Å². The summed E-state index contributed by atoms with van der Waals surface area (Å²) in [4.78, 5) is 7.02. The van der Waals surface area contributed by atoms with Crippen LogP contribution in [0.5, 0.6) is 0 Å². The lowest BCUT2D eigenvalue weighted by molar-refractivity contribution is 0.266. The maximum Gasteiger partial charge on any atom is 0.101 e. The fourth-order valence-corrected chi connectivity index (χ4v) is 12.3. The minimum absolute atomic E-state index is 0.0732. The van der Waals surface area contributed by atoms with E-state index in [-0.39, 0.29) is 5.41 Å². The van der Waals surface area contributed by atoms with Crippen LogP contribution >= 0.6 is 77.2 Å². The number of unbranched alkanes of at least 4 members (excludes halogenated alkanes) is 2. The number of thiophene rings is 4. The zero-order valence-corrected chi connectivity index (χ0v) is 34.1. The molecule has 2 unspecified atom stereocenters. The van der Waals surface area contributed by atoms with Crippen LogP contribution < -0.4 is 0 Å². The third-order valence-corrected chi connectivity index (χ3v) is 15.2. The van der Waals surface area contributed by atoms with Crippen LogP contribution in [-0.4, -0.2) is 0 Å². The van der Waals surface area contributed by atoms with Crippen molar-refractivity contribution in [1.82, 2.24) is 0 Å². The van der Waals surface area contributed by atoms with Crippen LogP contribution in [0, 0.1) is 34.5 Å². The normalized spacial score (nSPS) is 15.2. The number of fused-ring (bicyclic) bond motifs is 3. The van der Waals surface area contributed by atoms with Gasteiger partial charge in [-0.15, -0.1) is 45.3 Å². The van der Waals surface area contributed by atoms with Gasteiger partial charge in [-0.05, 0) is 116 Å². The zero-order chi connectivity index (χ0) is 33.6. The number of rotatable bonds is 16. The molecule has 0 aliphatic heterocycles. The van der Waals surface area contributed by atoms with E-state index >= 15 is 0 Å². The van der Waals surface area contributed by atoms with Gasteiger partial charge < -0.3 is 0 Å². The van der Waals surface area contributed by atoms with Gasteiger partial charge in [0.25, 0.3) is 0 Å². The van der Waals surface area contributed by atoms with Gasteiger partial charge in [-0.3, -0.25) is 0 Å². The van der Waals surface area contributed by atoms with Gasteiger partial charge in [0.15, 0.2) is 0 Å². The molecule has 8 heteroatoms. The minimum atomic E-state index is -0.0732. The maximum absolute atomic E-state index is 10.2. The lowest BCUT2D eigenvalue weighted by Crippen LogP contribution is -2.31. The molecular formula is C39H42Br2N2S4. The summed E-state index contributed by atoms with van der Waals surface area (Å²) in [7, 11) is 0. The Kier molecular flexibility index (Phi) is 13.0. The van der Waals surface area contributed by atoms with Gasteiger partial charge in [-0.1, -0.05) is 79.1 Å². The number of nitriles is 2. The Bertz CT molecular complexity index is 1690. The fourth-order valence-electron chi connectivity index (χ4n) is 7.07. The topological polar surface area (TPSA) is 47.6 Å². The third-order valence-electron chi connectivity index (χ3n) is 9.59. The van der Waals surface area contributed by atoms with Crippen molar-refractivity contribution in [2.75, 3.05) is 0 Å². The number of halogens is 2. The fraction of sp³-hybridized carbons (Fsp3) is 0.436. The van der Waals surface area contributed by atoms with Crippen molar-refractivity contribution in [2.24, 2.45) is 11.8 Å². The van der Waals surface area contributed by atoms with Crippen LogP contribution in [0.3, 0.4) is 0 Å². The van der Waals surface area contributed by atoms with Gasteiger partial charge in [-0.2, -0.15) is 10.5 Å². The van der Waals surface area contributed by atoms with E-state index in [9.17, 15) is 10.5 Å². The highest BCUT2D eigenvalue weighted by atomic mass is 79.9. The summed E-state index contributed by atoms with van der Waals surface area (Å²) in [5, 5.41) is 20.4. The van der Waals surface area contributed by atoms with Gasteiger partial charge in [-0.25, -0.2) is 0 Å². The first-order valence-electron chi connectivity index (χ1n) is 16.8. The summed E-state index contributed by atoms with van der Waals surface area (Å²) in [5.74, 6) is 1.29. The van der Waals surface area contributed by atoms with E-state index in [0.29, 0.717) is 23.0 Å². The molecule has 0 amide bonds. The predicted molar refractivity (Wildman–Crippen MR) is 215 cm³/mol. The second-order valence-corrected chi connectivity index (χ2v) is 19.7. The molecule has 2 nitrogen and oxygen atoms in total. The molecule has 0 aromatic carbocycles. The largest absolute Gasteiger partial charge is 0.192 e. The molecule has 4 aromatic rings. The first kappa shape index (κ1) is 36.5. The molecule has 47 heavy (non-hydrogen) atoms. The molecule has 1 aliphatic carbocycles. The second-order valence-electron chi connectivity index (χ2n) is 12.7. The second kappa shape index (κ2) is 16.8. The Hall–Kier alpha value is -1.78. The van der Waals surface area contributed by atoms with Crippen LogP contribution in [0.4, 0.5) is 0 Å². The van der Waals surface area contributed by atoms with E-state index < -0.39 is 0 Å². The van der Waals surface area contributed by atoms with Gasteiger partial charge in [0.2, 0.25) is 0 Å². The Labute approximate surface area is 314 Å². The van der Waals surface area contributed by atoms with Crippen LogP contribution in [-0.2, 0) is 5.41 Å². The SMILES string of the molecule is CCCCC(CC)CC1(CC(CC)CCCC)c2cc(/C=C(\C#N)c3ccc(Br)s3)sc2-c2sc(/C=C(\C#N)c3ccc(Br)s3)cc21. The van der Waals surface area contributed by atoms with Crippen molar-refractivity contribution in [2.45, 2.75) is 97.3 Å². The van der Waals surface area contributed by atoms with Crippen molar-refractivity contribution >= 4 is 101 Å². The summed E-state index contributed by atoms with van der Waals surface area (Å²) in [5.41, 5.74) is 4.30. The molecule has 0 saturated heterocycles. The Morgan fingerprint density at radius 3 is 1.45 bits per heavy atom. The lowest BCUT2D eigenvalue weighted by Gasteiger charge is -2.37. The molecule has 1 aliphatic rings. The van der Waals surface area contributed by atoms with Gasteiger partial charge in [0, 0.05) is 34.7 Å². The van der Waals surface area contributed by atoms with Crippen LogP contribution in [0.15, 0.2) is 44.0 Å². The molecule has 0 N–H and O–H groups in total. The standard InChI is InChI=1S/C39H42Br2N2S4/c1-5-9-11-25(7-3)21-39(22-26(8-4)12-10-6-2)31-19-29(17-27(23-42)33-13-15-35(40)46-33)44-37(31)38-32(39)20-30(45-38)18-28(24-43)34-14-16-36(41)47-34/h13-20,25-26H,5-12,21-22H2,1-4H3/b27-17+,28-18+. The summed E-state index contributed by atoms with van der Waals surface area (Å²) >= 11 is 14.0. The molecule has 246 valence electrons. The summed E-state index contributed by atoms with van der Waals surface area (Å²) < 4.78 is 2.07. The molecule has 2 atom stereocenters. The Balaban J connectivity index is 1.70. The molecule has 0 fully saturated rings. The van der Waals surface area contributed by atoms with E-state index in [2.05, 4.69) is 96.0 Å². The molecule has 0 bridgehead atoms. The minimum Gasteiger partial charge on any atom is -0.192 e. The van der Waals surface area contributed by atoms with Crippen molar-refractivity contribution < 1.29 is 0 Å². The molecule has 0 saturated carbocycles. The first-order valence-corrected chi connectivity index (χ1v) is 21.7. The van der Waals surface area contributed by atoms with Gasteiger partial charge >= 0.3 is 0 Å². The maximum atomic E-state index is 10.2. The highest BCUT2D eigenvalue weighted by Crippen LogP contribution is 2.61. The van der Waals surface area contributed by atoms with Crippen LogP contribution in [0.1, 0.15) is 123 Å². The van der Waals surface area contributed by atoms with Crippen molar-refractivity contribution in [3.63, 3.8) is 0 Å². The van der Waals surface area contributed by atoms with Crippen molar-refractivity contribution in [1.29, 1.82) is 10.5 Å². The Morgan fingerprint density at radius 1 is 0.702 bits per heavy atom. The van der Waals surface area contributed by atoms with E-state index in [0.717, 1.165) is 39.9 Å². The van der Waals surface area contributed by atoms with Crippen molar-refractivity contribution in [3.05, 3.63) is 74.6 Å². The number of nitrogens with zero attached hydrogens (tertiary/aromatic N) is 2. The molecule has 4 aromatic heterocycles. The number of allylic oxidation sites excluding steroid dienone is 2. The molecule has 5 rings (SSSR count). The summed E-state index contributed by atoms with van der Waals surface area (Å²) in [6, 6.07) is 17.9. The van der Waals surface area contributed by atoms with Gasteiger partial charge in [0.05, 0.1) is 18.7 Å². The lowest BCUT2D eigenvalue weighted by atomic mass is 9.65. The smallest absolute Gasteiger partial charge is 0.101 e. The third kappa shape index (κ3) is 8.17.